The number of benzene rings is 2. The van der Waals surface area contributed by atoms with Crippen molar-refractivity contribution in [1.82, 2.24) is 0 Å². The summed E-state index contributed by atoms with van der Waals surface area (Å²) >= 11 is 0. The predicted octanol–water partition coefficient (Wildman–Crippen LogP) is 2.74. The molecule has 0 aliphatic carbocycles. The molecule has 0 aliphatic rings. The third-order valence-corrected chi connectivity index (χ3v) is 3.69. The first-order valence-electron chi connectivity index (χ1n) is 5.46. The highest BCUT2D eigenvalue weighted by molar-refractivity contribution is 7.87. The van der Waals surface area contributed by atoms with Gasteiger partial charge >= 0.3 is 10.1 Å². The Hall–Kier alpha value is -2.15. The monoisotopic (exact) mass is 300 g/mol. The van der Waals surface area contributed by atoms with Crippen LogP contribution >= 0.6 is 0 Å². The highest BCUT2D eigenvalue weighted by Crippen LogP contribution is 2.23. The van der Waals surface area contributed by atoms with E-state index in [4.69, 9.17) is 4.74 Å². The summed E-state index contributed by atoms with van der Waals surface area (Å²) < 4.78 is 59.5. The minimum atomic E-state index is -4.19. The van der Waals surface area contributed by atoms with Gasteiger partial charge in [-0.2, -0.15) is 8.42 Å². The van der Waals surface area contributed by atoms with Crippen molar-refractivity contribution in [3.63, 3.8) is 0 Å². The van der Waals surface area contributed by atoms with Gasteiger partial charge < -0.3 is 8.92 Å². The van der Waals surface area contributed by atoms with Crippen LogP contribution in [0.3, 0.4) is 0 Å². The van der Waals surface area contributed by atoms with E-state index in [9.17, 15) is 17.2 Å². The van der Waals surface area contributed by atoms with Crippen molar-refractivity contribution < 1.29 is 26.1 Å². The molecular formula is C13H10F2O4S. The van der Waals surface area contributed by atoms with E-state index in [0.29, 0.717) is 11.8 Å². The highest BCUT2D eigenvalue weighted by Gasteiger charge is 2.19. The number of methoxy groups -OCH3 is 1. The molecule has 0 atom stereocenters. The van der Waals surface area contributed by atoms with Gasteiger partial charge in [-0.1, -0.05) is 0 Å². The molecule has 2 aromatic carbocycles. The van der Waals surface area contributed by atoms with Crippen molar-refractivity contribution in [1.29, 1.82) is 0 Å². The Morgan fingerprint density at radius 3 is 2.20 bits per heavy atom. The zero-order chi connectivity index (χ0) is 14.8. The standard InChI is InChI=1S/C13H10F2O4S/c1-18-10-3-5-11(6-4-10)20(16,17)19-13-7-2-9(14)8-12(13)15/h2-8H,1H3. The normalized spacial score (nSPS) is 11.2. The molecule has 106 valence electrons. The Bertz CT molecular complexity index is 712. The lowest BCUT2D eigenvalue weighted by Gasteiger charge is -2.08. The fourth-order valence-corrected chi connectivity index (χ4v) is 2.39. The lowest BCUT2D eigenvalue weighted by molar-refractivity contribution is 0.414. The van der Waals surface area contributed by atoms with Gasteiger partial charge in [-0.05, 0) is 36.4 Å². The van der Waals surface area contributed by atoms with Crippen molar-refractivity contribution in [2.24, 2.45) is 0 Å². The van der Waals surface area contributed by atoms with Crippen molar-refractivity contribution in [2.75, 3.05) is 7.11 Å². The van der Waals surface area contributed by atoms with Crippen LogP contribution in [0.5, 0.6) is 11.5 Å². The summed E-state index contributed by atoms with van der Waals surface area (Å²) in [6, 6.07) is 7.73. The predicted molar refractivity (Wildman–Crippen MR) is 67.2 cm³/mol. The molecule has 7 heteroatoms. The zero-order valence-corrected chi connectivity index (χ0v) is 11.2. The number of ether oxygens (including phenoxy) is 1. The van der Waals surface area contributed by atoms with Crippen molar-refractivity contribution in [2.45, 2.75) is 4.90 Å². The summed E-state index contributed by atoms with van der Waals surface area (Å²) in [5.74, 6) is -2.02. The van der Waals surface area contributed by atoms with Crippen LogP contribution in [-0.4, -0.2) is 15.5 Å². The number of halogens is 2. The minimum Gasteiger partial charge on any atom is -0.497 e. The summed E-state index contributed by atoms with van der Waals surface area (Å²) in [5, 5.41) is 0. The maximum absolute atomic E-state index is 13.4. The Morgan fingerprint density at radius 1 is 1.00 bits per heavy atom. The molecule has 0 bridgehead atoms. The van der Waals surface area contributed by atoms with E-state index in [1.54, 1.807) is 0 Å². The molecule has 20 heavy (non-hydrogen) atoms. The molecule has 2 aromatic rings. The Kier molecular flexibility index (Phi) is 3.89. The van der Waals surface area contributed by atoms with E-state index in [-0.39, 0.29) is 4.90 Å². The largest absolute Gasteiger partial charge is 0.497 e. The first-order chi connectivity index (χ1) is 9.42. The molecule has 0 aromatic heterocycles. The van der Waals surface area contributed by atoms with Crippen LogP contribution < -0.4 is 8.92 Å². The summed E-state index contributed by atoms with van der Waals surface area (Å²) in [7, 11) is -2.75. The summed E-state index contributed by atoms with van der Waals surface area (Å²) in [6.45, 7) is 0. The van der Waals surface area contributed by atoms with Gasteiger partial charge in [0.25, 0.3) is 0 Å². The highest BCUT2D eigenvalue weighted by atomic mass is 32.2. The lowest BCUT2D eigenvalue weighted by atomic mass is 10.3. The van der Waals surface area contributed by atoms with Gasteiger partial charge in [0.1, 0.15) is 16.5 Å². The van der Waals surface area contributed by atoms with Crippen molar-refractivity contribution >= 4 is 10.1 Å². The van der Waals surface area contributed by atoms with Crippen LogP contribution in [0.1, 0.15) is 0 Å². The molecule has 0 radical (unpaired) electrons. The van der Waals surface area contributed by atoms with Crippen LogP contribution in [-0.2, 0) is 10.1 Å². The second-order valence-electron chi connectivity index (χ2n) is 3.79. The van der Waals surface area contributed by atoms with E-state index in [1.807, 2.05) is 0 Å². The number of hydrogen-bond donors (Lipinski definition) is 0. The average molecular weight is 300 g/mol. The molecule has 0 aliphatic heterocycles. The van der Waals surface area contributed by atoms with Gasteiger partial charge in [0.2, 0.25) is 0 Å². The van der Waals surface area contributed by atoms with Gasteiger partial charge in [0, 0.05) is 6.07 Å². The quantitative estimate of drug-likeness (QED) is 0.815. The number of rotatable bonds is 4. The molecule has 0 N–H and O–H groups in total. The molecule has 0 fully saturated rings. The summed E-state index contributed by atoms with van der Waals surface area (Å²) in [6.07, 6.45) is 0. The molecule has 4 nitrogen and oxygen atoms in total. The van der Waals surface area contributed by atoms with Gasteiger partial charge in [0.15, 0.2) is 11.6 Å². The van der Waals surface area contributed by atoms with Gasteiger partial charge in [0.05, 0.1) is 7.11 Å². The van der Waals surface area contributed by atoms with E-state index in [2.05, 4.69) is 4.18 Å². The molecule has 0 saturated carbocycles. The number of hydrogen-bond acceptors (Lipinski definition) is 4. The van der Waals surface area contributed by atoms with Crippen molar-refractivity contribution in [3.8, 4) is 11.5 Å². The lowest BCUT2D eigenvalue weighted by Crippen LogP contribution is -2.10. The van der Waals surface area contributed by atoms with Gasteiger partial charge in [-0.15, -0.1) is 0 Å². The fraction of sp³-hybridized carbons (Fsp3) is 0.0769. The maximum Gasteiger partial charge on any atom is 0.339 e. The topological polar surface area (TPSA) is 52.6 Å². The zero-order valence-electron chi connectivity index (χ0n) is 10.3. The molecule has 0 amide bonds. The Balaban J connectivity index is 2.30. The van der Waals surface area contributed by atoms with E-state index < -0.39 is 27.5 Å². The molecule has 0 heterocycles. The van der Waals surface area contributed by atoms with Crippen LogP contribution in [0, 0.1) is 11.6 Å². The molecular weight excluding hydrogens is 290 g/mol. The average Bonchev–Trinajstić information content (AvgIpc) is 2.42. The second kappa shape index (κ2) is 5.46. The van der Waals surface area contributed by atoms with Crippen LogP contribution in [0.2, 0.25) is 0 Å². The second-order valence-corrected chi connectivity index (χ2v) is 5.33. The first kappa shape index (κ1) is 14.3. The van der Waals surface area contributed by atoms with E-state index in [1.165, 1.54) is 31.4 Å². The smallest absolute Gasteiger partial charge is 0.339 e. The van der Waals surface area contributed by atoms with Crippen molar-refractivity contribution in [3.05, 3.63) is 54.1 Å². The Labute approximate surface area is 114 Å². The maximum atomic E-state index is 13.4. The molecule has 0 unspecified atom stereocenters. The van der Waals surface area contributed by atoms with Gasteiger partial charge in [-0.3, -0.25) is 0 Å². The molecule has 0 spiro atoms. The third kappa shape index (κ3) is 3.05. The summed E-state index contributed by atoms with van der Waals surface area (Å²) in [5.41, 5.74) is 0. The van der Waals surface area contributed by atoms with Crippen LogP contribution in [0.15, 0.2) is 47.4 Å². The van der Waals surface area contributed by atoms with E-state index >= 15 is 0 Å². The third-order valence-electron chi connectivity index (χ3n) is 2.44. The summed E-state index contributed by atoms with van der Waals surface area (Å²) in [4.78, 5) is -0.165. The van der Waals surface area contributed by atoms with Crippen LogP contribution in [0.25, 0.3) is 0 Å². The first-order valence-corrected chi connectivity index (χ1v) is 6.87. The minimum absolute atomic E-state index is 0.165. The molecule has 2 rings (SSSR count). The van der Waals surface area contributed by atoms with Gasteiger partial charge in [-0.25, -0.2) is 8.78 Å². The fourth-order valence-electron chi connectivity index (χ4n) is 1.45. The molecule has 0 saturated heterocycles. The Morgan fingerprint density at radius 2 is 1.65 bits per heavy atom. The van der Waals surface area contributed by atoms with E-state index in [0.717, 1.165) is 12.1 Å². The van der Waals surface area contributed by atoms with Crippen LogP contribution in [0.4, 0.5) is 8.78 Å². The SMILES string of the molecule is COc1ccc(S(=O)(=O)Oc2ccc(F)cc2F)cc1.